The summed E-state index contributed by atoms with van der Waals surface area (Å²) in [6, 6.07) is 0. The van der Waals surface area contributed by atoms with Crippen molar-refractivity contribution in [1.29, 1.82) is 0 Å². The molecule has 0 amide bonds. The van der Waals surface area contributed by atoms with Gasteiger partial charge in [-0.3, -0.25) is 4.79 Å². The summed E-state index contributed by atoms with van der Waals surface area (Å²) in [6.45, 7) is 4.62. The Labute approximate surface area is 130 Å². The van der Waals surface area contributed by atoms with E-state index < -0.39 is 42.1 Å². The Morgan fingerprint density at radius 3 is 2.41 bits per heavy atom. The highest BCUT2D eigenvalue weighted by atomic mass is 16.8. The van der Waals surface area contributed by atoms with Crippen LogP contribution in [0.1, 0.15) is 39.5 Å². The minimum Gasteiger partial charge on any atom is -0.465 e. The first-order valence-corrected chi connectivity index (χ1v) is 8.01. The number of unbranched alkanes of at least 4 members (excludes halogenated alkanes) is 2. The fourth-order valence-corrected chi connectivity index (χ4v) is 3.00. The Morgan fingerprint density at radius 1 is 1.14 bits per heavy atom. The summed E-state index contributed by atoms with van der Waals surface area (Å²) in [5.74, 6) is -4.82. The third kappa shape index (κ3) is 3.00. The van der Waals surface area contributed by atoms with Crippen molar-refractivity contribution in [3.05, 3.63) is 0 Å². The lowest BCUT2D eigenvalue weighted by molar-refractivity contribution is -0.434. The monoisotopic (exact) mass is 318 g/mol. The van der Waals surface area contributed by atoms with Crippen molar-refractivity contribution in [3.8, 4) is 0 Å². The second-order valence-electron chi connectivity index (χ2n) is 5.97. The Kier molecular flexibility index (Phi) is 5.79. The van der Waals surface area contributed by atoms with E-state index in [0.29, 0.717) is 13.0 Å². The highest BCUT2D eigenvalue weighted by Crippen LogP contribution is 2.53. The number of hydrogen-bond acceptors (Lipinski definition) is 7. The molecule has 1 heterocycles. The molecule has 0 aromatic heterocycles. The van der Waals surface area contributed by atoms with Gasteiger partial charge in [0.2, 0.25) is 0 Å². The van der Waals surface area contributed by atoms with E-state index in [0.717, 1.165) is 19.3 Å². The number of fused-ring (bicyclic) bond motifs is 1. The predicted octanol–water partition coefficient (Wildman–Crippen LogP) is 0.159. The van der Waals surface area contributed by atoms with E-state index in [-0.39, 0.29) is 6.61 Å². The molecule has 6 atom stereocenters. The van der Waals surface area contributed by atoms with Crippen LogP contribution in [0.25, 0.3) is 0 Å². The standard InChI is InChI=1S/C15H26O7/c1-3-5-7-20-13(18)9-11(16)12(17)10-14(21-8-6-4-2)22-15(9,10)19/h9-12,14,16-17,19H,3-8H2,1-2H3/t9?,10?,11-,12?,14+,15?/m1/s1. The van der Waals surface area contributed by atoms with Gasteiger partial charge < -0.3 is 29.5 Å². The number of carbonyl (C=O) groups is 1. The van der Waals surface area contributed by atoms with Crippen LogP contribution in [0, 0.1) is 11.8 Å². The van der Waals surface area contributed by atoms with Crippen molar-refractivity contribution >= 4 is 5.97 Å². The minimum atomic E-state index is -1.92. The predicted molar refractivity (Wildman–Crippen MR) is 75.5 cm³/mol. The zero-order valence-electron chi connectivity index (χ0n) is 13.1. The summed E-state index contributed by atoms with van der Waals surface area (Å²) in [5.41, 5.74) is 0. The zero-order chi connectivity index (χ0) is 16.3. The Hall–Kier alpha value is -0.730. The lowest BCUT2D eigenvalue weighted by Gasteiger charge is -2.48. The lowest BCUT2D eigenvalue weighted by Crippen LogP contribution is -2.64. The van der Waals surface area contributed by atoms with Crippen LogP contribution in [0.2, 0.25) is 0 Å². The summed E-state index contributed by atoms with van der Waals surface area (Å²) in [7, 11) is 0. The molecule has 2 rings (SSSR count). The van der Waals surface area contributed by atoms with Gasteiger partial charge in [-0.2, -0.15) is 0 Å². The van der Waals surface area contributed by atoms with Crippen molar-refractivity contribution in [3.63, 3.8) is 0 Å². The molecule has 0 radical (unpaired) electrons. The van der Waals surface area contributed by atoms with Gasteiger partial charge in [-0.25, -0.2) is 0 Å². The molecule has 22 heavy (non-hydrogen) atoms. The van der Waals surface area contributed by atoms with E-state index in [1.807, 2.05) is 13.8 Å². The van der Waals surface area contributed by atoms with Crippen molar-refractivity contribution in [2.24, 2.45) is 11.8 Å². The average Bonchev–Trinajstić information content (AvgIpc) is 2.60. The van der Waals surface area contributed by atoms with Gasteiger partial charge >= 0.3 is 5.97 Å². The number of ether oxygens (including phenoxy) is 3. The van der Waals surface area contributed by atoms with Crippen molar-refractivity contribution in [1.82, 2.24) is 0 Å². The van der Waals surface area contributed by atoms with E-state index in [1.54, 1.807) is 0 Å². The topological polar surface area (TPSA) is 105 Å². The molecule has 3 N–H and O–H groups in total. The fraction of sp³-hybridized carbons (Fsp3) is 0.933. The molecule has 1 saturated heterocycles. The van der Waals surface area contributed by atoms with E-state index in [9.17, 15) is 20.1 Å². The van der Waals surface area contributed by atoms with Gasteiger partial charge in [-0.05, 0) is 12.8 Å². The molecule has 0 aromatic rings. The number of hydrogen-bond donors (Lipinski definition) is 3. The number of carbonyl (C=O) groups excluding carboxylic acids is 1. The van der Waals surface area contributed by atoms with Crippen LogP contribution in [0.15, 0.2) is 0 Å². The van der Waals surface area contributed by atoms with E-state index in [2.05, 4.69) is 0 Å². The normalized spacial score (nSPS) is 40.1. The lowest BCUT2D eigenvalue weighted by atomic mass is 9.89. The first-order valence-electron chi connectivity index (χ1n) is 8.01. The maximum Gasteiger partial charge on any atom is 0.317 e. The largest absolute Gasteiger partial charge is 0.465 e. The zero-order valence-corrected chi connectivity index (χ0v) is 13.1. The molecule has 7 nitrogen and oxygen atoms in total. The third-order valence-corrected chi connectivity index (χ3v) is 4.36. The number of aliphatic hydroxyl groups excluding tert-OH is 2. The molecule has 4 unspecified atom stereocenters. The van der Waals surface area contributed by atoms with Crippen LogP contribution in [0.4, 0.5) is 0 Å². The summed E-state index contributed by atoms with van der Waals surface area (Å²) >= 11 is 0. The first kappa shape index (κ1) is 17.6. The molecular formula is C15H26O7. The smallest absolute Gasteiger partial charge is 0.317 e. The highest BCUT2D eigenvalue weighted by Gasteiger charge is 2.73. The maximum absolute atomic E-state index is 12.1. The fourth-order valence-electron chi connectivity index (χ4n) is 3.00. The van der Waals surface area contributed by atoms with Gasteiger partial charge in [0.15, 0.2) is 12.1 Å². The summed E-state index contributed by atoms with van der Waals surface area (Å²) in [4.78, 5) is 12.1. The number of rotatable bonds is 8. The van der Waals surface area contributed by atoms with Crippen molar-refractivity contribution in [2.75, 3.05) is 13.2 Å². The van der Waals surface area contributed by atoms with Crippen molar-refractivity contribution in [2.45, 2.75) is 63.8 Å². The van der Waals surface area contributed by atoms with Crippen LogP contribution < -0.4 is 0 Å². The van der Waals surface area contributed by atoms with Crippen LogP contribution in [0.3, 0.4) is 0 Å². The molecule has 2 fully saturated rings. The molecule has 1 aliphatic heterocycles. The van der Waals surface area contributed by atoms with Gasteiger partial charge in [-0.15, -0.1) is 0 Å². The first-order chi connectivity index (χ1) is 10.5. The van der Waals surface area contributed by atoms with Crippen LogP contribution in [-0.2, 0) is 19.0 Å². The number of aliphatic hydroxyl groups is 3. The van der Waals surface area contributed by atoms with Gasteiger partial charge in [0.1, 0.15) is 5.92 Å². The number of esters is 1. The van der Waals surface area contributed by atoms with Crippen LogP contribution in [-0.4, -0.2) is 58.8 Å². The molecule has 0 bridgehead atoms. The maximum atomic E-state index is 12.1. The molecular weight excluding hydrogens is 292 g/mol. The van der Waals surface area contributed by atoms with E-state index in [4.69, 9.17) is 14.2 Å². The highest BCUT2D eigenvalue weighted by molar-refractivity contribution is 5.75. The van der Waals surface area contributed by atoms with Gasteiger partial charge in [0.25, 0.3) is 0 Å². The van der Waals surface area contributed by atoms with Gasteiger partial charge in [-0.1, -0.05) is 26.7 Å². The molecule has 2 aliphatic rings. The molecule has 7 heteroatoms. The molecule has 128 valence electrons. The molecule has 1 aliphatic carbocycles. The van der Waals surface area contributed by atoms with Gasteiger partial charge in [0, 0.05) is 6.61 Å². The van der Waals surface area contributed by atoms with E-state index in [1.165, 1.54) is 0 Å². The van der Waals surface area contributed by atoms with E-state index >= 15 is 0 Å². The second-order valence-corrected chi connectivity index (χ2v) is 5.97. The SMILES string of the molecule is CCCCOC(=O)C1[C@@H](O)C(O)C2[C@@H](OCCCC)OC21O. The summed E-state index contributed by atoms with van der Waals surface area (Å²) in [5, 5.41) is 30.6. The Bertz CT molecular complexity index is 388. The summed E-state index contributed by atoms with van der Waals surface area (Å²) in [6.07, 6.45) is -0.194. The minimum absolute atomic E-state index is 0.214. The Balaban J connectivity index is 1.98. The van der Waals surface area contributed by atoms with Crippen LogP contribution in [0.5, 0.6) is 0 Å². The van der Waals surface area contributed by atoms with Crippen molar-refractivity contribution < 1.29 is 34.3 Å². The average molecular weight is 318 g/mol. The Morgan fingerprint density at radius 2 is 1.77 bits per heavy atom. The van der Waals surface area contributed by atoms with Crippen LogP contribution >= 0.6 is 0 Å². The molecule has 0 aromatic carbocycles. The molecule has 1 saturated carbocycles. The second kappa shape index (κ2) is 7.23. The quantitative estimate of drug-likeness (QED) is 0.432. The summed E-state index contributed by atoms with van der Waals surface area (Å²) < 4.78 is 15.8. The third-order valence-electron chi connectivity index (χ3n) is 4.36. The van der Waals surface area contributed by atoms with Gasteiger partial charge in [0.05, 0.1) is 24.7 Å². The molecule has 0 spiro atoms.